The molecule has 2 N–H and O–H groups in total. The minimum Gasteiger partial charge on any atom is -0.550 e. The van der Waals surface area contributed by atoms with Crippen molar-refractivity contribution in [3.8, 4) is 5.75 Å². The van der Waals surface area contributed by atoms with Crippen molar-refractivity contribution in [2.75, 3.05) is 13.7 Å². The number of carbonyl (C=O) groups excluding carboxylic acids is 3. The van der Waals surface area contributed by atoms with Crippen LogP contribution in [0.4, 0.5) is 4.79 Å². The third-order valence-corrected chi connectivity index (χ3v) is 3.09. The molecular weight excluding hydrogens is 304 g/mol. The van der Waals surface area contributed by atoms with Crippen LogP contribution in [-0.4, -0.2) is 37.7 Å². The van der Waals surface area contributed by atoms with Gasteiger partial charge in [0.1, 0.15) is 5.75 Å². The highest BCUT2D eigenvalue weighted by Crippen LogP contribution is 2.11. The number of aliphatic carboxylic acids is 2. The van der Waals surface area contributed by atoms with E-state index in [1.807, 2.05) is 12.1 Å². The molecule has 0 aliphatic carbocycles. The van der Waals surface area contributed by atoms with E-state index in [1.54, 1.807) is 19.2 Å². The number of carbonyl (C=O) groups is 3. The molecule has 0 fully saturated rings. The zero-order valence-corrected chi connectivity index (χ0v) is 12.7. The summed E-state index contributed by atoms with van der Waals surface area (Å²) in [5.41, 5.74) is 0.972. The summed E-state index contributed by atoms with van der Waals surface area (Å²) in [7, 11) is 1.56. The Labute approximate surface area is 133 Å². The lowest BCUT2D eigenvalue weighted by Crippen LogP contribution is -2.51. The number of benzene rings is 1. The third-order valence-electron chi connectivity index (χ3n) is 3.09. The maximum absolute atomic E-state index is 11.6. The van der Waals surface area contributed by atoms with Gasteiger partial charge in [0.05, 0.1) is 19.1 Å². The zero-order chi connectivity index (χ0) is 17.2. The van der Waals surface area contributed by atoms with Crippen molar-refractivity contribution in [3.63, 3.8) is 0 Å². The molecule has 8 heteroatoms. The van der Waals surface area contributed by atoms with Crippen LogP contribution in [0.2, 0.25) is 0 Å². The second kappa shape index (κ2) is 9.29. The first-order chi connectivity index (χ1) is 10.9. The van der Waals surface area contributed by atoms with E-state index in [9.17, 15) is 24.6 Å². The van der Waals surface area contributed by atoms with E-state index in [4.69, 9.17) is 4.74 Å². The van der Waals surface area contributed by atoms with Crippen LogP contribution >= 0.6 is 0 Å². The Bertz CT molecular complexity index is 543. The fraction of sp³-hybridized carbons (Fsp3) is 0.400. The first-order valence-corrected chi connectivity index (χ1v) is 7.00. The monoisotopic (exact) mass is 322 g/mol. The normalized spacial score (nSPS) is 11.3. The van der Waals surface area contributed by atoms with Crippen LogP contribution < -0.4 is 25.6 Å². The van der Waals surface area contributed by atoms with Gasteiger partial charge in [0.25, 0.3) is 0 Å². The quantitative estimate of drug-likeness (QED) is 0.551. The number of nitrogens with one attached hydrogen (secondary N) is 2. The number of urea groups is 1. The van der Waals surface area contributed by atoms with E-state index < -0.39 is 30.4 Å². The molecule has 0 unspecified atom stereocenters. The number of carboxylic acids is 2. The van der Waals surface area contributed by atoms with Crippen LogP contribution in [-0.2, 0) is 16.0 Å². The summed E-state index contributed by atoms with van der Waals surface area (Å²) in [6, 6.07) is 5.20. The molecule has 0 aliphatic heterocycles. The molecule has 0 spiro atoms. The molecular formula is C15H18N2O6-2. The summed E-state index contributed by atoms with van der Waals surface area (Å²) in [5.74, 6) is -2.21. The van der Waals surface area contributed by atoms with Gasteiger partial charge in [0, 0.05) is 12.5 Å². The first-order valence-electron chi connectivity index (χ1n) is 7.00. The SMILES string of the molecule is COc1ccc(CCNC(=O)N[C@@H](CCC(=O)[O-])C(=O)[O-])cc1. The molecule has 0 radical (unpaired) electrons. The molecule has 1 atom stereocenters. The standard InChI is InChI=1S/C15H20N2O6/c1-23-11-4-2-10(3-5-11)8-9-16-15(22)17-12(14(20)21)6-7-13(18)19/h2-5,12H,6-9H2,1H3,(H,18,19)(H,20,21)(H2,16,17,22)/p-2/t12-/m0/s1. The molecule has 1 aromatic rings. The van der Waals surface area contributed by atoms with E-state index in [0.29, 0.717) is 13.0 Å². The Morgan fingerprint density at radius 3 is 2.35 bits per heavy atom. The predicted octanol–water partition coefficient (Wildman–Crippen LogP) is -1.81. The van der Waals surface area contributed by atoms with E-state index in [1.165, 1.54) is 0 Å². The second-order valence-electron chi connectivity index (χ2n) is 4.78. The number of rotatable bonds is 9. The van der Waals surface area contributed by atoms with Gasteiger partial charge in [-0.25, -0.2) is 4.79 Å². The van der Waals surface area contributed by atoms with Crippen molar-refractivity contribution in [1.82, 2.24) is 10.6 Å². The highest BCUT2D eigenvalue weighted by molar-refractivity contribution is 5.81. The predicted molar refractivity (Wildman–Crippen MR) is 76.3 cm³/mol. The van der Waals surface area contributed by atoms with Gasteiger partial charge in [-0.3, -0.25) is 0 Å². The molecule has 0 saturated carbocycles. The van der Waals surface area contributed by atoms with Gasteiger partial charge in [0.2, 0.25) is 0 Å². The fourth-order valence-electron chi connectivity index (χ4n) is 1.83. The second-order valence-corrected chi connectivity index (χ2v) is 4.78. The Balaban J connectivity index is 2.36. The Kier molecular flexibility index (Phi) is 7.38. The lowest BCUT2D eigenvalue weighted by Gasteiger charge is -2.20. The lowest BCUT2D eigenvalue weighted by atomic mass is 10.1. The van der Waals surface area contributed by atoms with Crippen LogP contribution in [0.15, 0.2) is 24.3 Å². The third kappa shape index (κ3) is 7.16. The highest BCUT2D eigenvalue weighted by Gasteiger charge is 2.13. The molecule has 2 amide bonds. The van der Waals surface area contributed by atoms with Crippen molar-refractivity contribution < 1.29 is 29.3 Å². The molecule has 0 aromatic heterocycles. The van der Waals surface area contributed by atoms with Crippen molar-refractivity contribution >= 4 is 18.0 Å². The van der Waals surface area contributed by atoms with E-state index >= 15 is 0 Å². The van der Waals surface area contributed by atoms with Crippen LogP contribution in [0.3, 0.4) is 0 Å². The molecule has 0 bridgehead atoms. The van der Waals surface area contributed by atoms with Crippen molar-refractivity contribution in [2.45, 2.75) is 25.3 Å². The summed E-state index contributed by atoms with van der Waals surface area (Å²) in [6.07, 6.45) is -0.228. The molecule has 126 valence electrons. The van der Waals surface area contributed by atoms with E-state index in [-0.39, 0.29) is 6.42 Å². The maximum Gasteiger partial charge on any atom is 0.315 e. The van der Waals surface area contributed by atoms with Crippen LogP contribution in [0.5, 0.6) is 5.75 Å². The average Bonchev–Trinajstić information content (AvgIpc) is 2.51. The Morgan fingerprint density at radius 1 is 1.17 bits per heavy atom. The summed E-state index contributed by atoms with van der Waals surface area (Å²) in [4.78, 5) is 32.7. The molecule has 8 nitrogen and oxygen atoms in total. The number of hydrogen-bond acceptors (Lipinski definition) is 6. The zero-order valence-electron chi connectivity index (χ0n) is 12.7. The summed E-state index contributed by atoms with van der Waals surface area (Å²) in [5, 5.41) is 25.8. The maximum atomic E-state index is 11.6. The first kappa shape index (κ1) is 18.3. The van der Waals surface area contributed by atoms with Gasteiger partial charge < -0.3 is 35.2 Å². The van der Waals surface area contributed by atoms with Gasteiger partial charge in [-0.15, -0.1) is 0 Å². The van der Waals surface area contributed by atoms with E-state index in [2.05, 4.69) is 10.6 Å². The molecule has 0 saturated heterocycles. The molecule has 1 rings (SSSR count). The summed E-state index contributed by atoms with van der Waals surface area (Å²) >= 11 is 0. The van der Waals surface area contributed by atoms with Crippen molar-refractivity contribution in [2.24, 2.45) is 0 Å². The van der Waals surface area contributed by atoms with Gasteiger partial charge in [-0.2, -0.15) is 0 Å². The minimum absolute atomic E-state index is 0.290. The molecule has 0 heterocycles. The topological polar surface area (TPSA) is 131 Å². The van der Waals surface area contributed by atoms with Crippen molar-refractivity contribution in [3.05, 3.63) is 29.8 Å². The smallest absolute Gasteiger partial charge is 0.315 e. The van der Waals surface area contributed by atoms with Gasteiger partial charge >= 0.3 is 6.03 Å². The minimum atomic E-state index is -1.54. The van der Waals surface area contributed by atoms with Gasteiger partial charge in [-0.1, -0.05) is 12.1 Å². The molecule has 23 heavy (non-hydrogen) atoms. The van der Waals surface area contributed by atoms with Crippen LogP contribution in [0.25, 0.3) is 0 Å². The lowest BCUT2D eigenvalue weighted by molar-refractivity contribution is -0.309. The number of amides is 2. The Morgan fingerprint density at radius 2 is 1.83 bits per heavy atom. The number of hydrogen-bond donors (Lipinski definition) is 2. The van der Waals surface area contributed by atoms with Crippen molar-refractivity contribution in [1.29, 1.82) is 0 Å². The van der Waals surface area contributed by atoms with Gasteiger partial charge in [-0.05, 0) is 37.0 Å². The molecule has 1 aromatic carbocycles. The van der Waals surface area contributed by atoms with Gasteiger partial charge in [0.15, 0.2) is 0 Å². The summed E-state index contributed by atoms with van der Waals surface area (Å²) < 4.78 is 5.03. The number of carboxylic acid groups (broad SMARTS) is 2. The Hall–Kier alpha value is -2.77. The largest absolute Gasteiger partial charge is 0.550 e. The van der Waals surface area contributed by atoms with E-state index in [0.717, 1.165) is 11.3 Å². The average molecular weight is 322 g/mol. The number of methoxy groups -OCH3 is 1. The van der Waals surface area contributed by atoms with Crippen LogP contribution in [0.1, 0.15) is 18.4 Å². The fourth-order valence-corrected chi connectivity index (χ4v) is 1.83. The van der Waals surface area contributed by atoms with Crippen LogP contribution in [0, 0.1) is 0 Å². The molecule has 0 aliphatic rings. The highest BCUT2D eigenvalue weighted by atomic mass is 16.5. The summed E-state index contributed by atoms with van der Waals surface area (Å²) in [6.45, 7) is 0.290. The number of ether oxygens (including phenoxy) is 1.